The van der Waals surface area contributed by atoms with Gasteiger partial charge in [-0.25, -0.2) is 4.98 Å². The van der Waals surface area contributed by atoms with Crippen molar-refractivity contribution < 1.29 is 4.79 Å². The molecule has 6 heteroatoms. The number of thiazole rings is 1. The summed E-state index contributed by atoms with van der Waals surface area (Å²) in [7, 11) is 1.96. The summed E-state index contributed by atoms with van der Waals surface area (Å²) in [5.41, 5.74) is 8.54. The molecule has 108 valence electrons. The molecule has 0 aliphatic carbocycles. The minimum atomic E-state index is 0.105. The van der Waals surface area contributed by atoms with Gasteiger partial charge in [0, 0.05) is 36.4 Å². The summed E-state index contributed by atoms with van der Waals surface area (Å²) >= 11 is 1.48. The van der Waals surface area contributed by atoms with E-state index in [1.807, 2.05) is 29.3 Å². The first-order valence-corrected chi connectivity index (χ1v) is 7.51. The molecule has 5 nitrogen and oxygen atoms in total. The number of hydrogen-bond donors (Lipinski definition) is 2. The molecule has 3 N–H and O–H groups in total. The number of Topliss-reactive ketones (excluding diaryl/α,β-unsaturated/α-hetero) is 1. The van der Waals surface area contributed by atoms with E-state index in [0.29, 0.717) is 5.13 Å². The van der Waals surface area contributed by atoms with Crippen LogP contribution in [0.15, 0.2) is 17.6 Å². The minimum absolute atomic E-state index is 0.105. The second kappa shape index (κ2) is 6.67. The molecule has 2 aromatic heterocycles. The maximum atomic E-state index is 11.3. The highest BCUT2D eigenvalue weighted by atomic mass is 32.1. The van der Waals surface area contributed by atoms with E-state index in [1.54, 1.807) is 6.92 Å². The zero-order valence-electron chi connectivity index (χ0n) is 11.8. The molecule has 0 unspecified atom stereocenters. The second-order valence-electron chi connectivity index (χ2n) is 4.84. The third-order valence-electron chi connectivity index (χ3n) is 3.18. The normalized spacial score (nSPS) is 10.9. The van der Waals surface area contributed by atoms with Crippen molar-refractivity contribution in [1.82, 2.24) is 14.9 Å². The molecule has 0 saturated carbocycles. The molecule has 0 aromatic carbocycles. The minimum Gasteiger partial charge on any atom is -0.375 e. The van der Waals surface area contributed by atoms with Crippen LogP contribution in [-0.2, 0) is 20.0 Å². The van der Waals surface area contributed by atoms with Gasteiger partial charge in [0.15, 0.2) is 10.9 Å². The highest BCUT2D eigenvalue weighted by Crippen LogP contribution is 2.12. The molecule has 2 aromatic rings. The number of ketones is 1. The van der Waals surface area contributed by atoms with Crippen molar-refractivity contribution in [3.8, 4) is 0 Å². The molecule has 0 aliphatic heterocycles. The van der Waals surface area contributed by atoms with Gasteiger partial charge in [-0.3, -0.25) is 4.79 Å². The first-order valence-electron chi connectivity index (χ1n) is 6.63. The molecule has 20 heavy (non-hydrogen) atoms. The topological polar surface area (TPSA) is 72.9 Å². The summed E-state index contributed by atoms with van der Waals surface area (Å²) in [5, 5.41) is 6.02. The molecular formula is C14H20N4OS. The predicted octanol–water partition coefficient (Wildman–Crippen LogP) is 1.99. The SMILES string of the molecule is CC(=O)c1cc(CNCCCc2csc(N)n2)n(C)c1. The van der Waals surface area contributed by atoms with Crippen LogP contribution in [0.2, 0.25) is 0 Å². The van der Waals surface area contributed by atoms with Crippen LogP contribution in [0.25, 0.3) is 0 Å². The number of nitrogens with one attached hydrogen (secondary N) is 1. The van der Waals surface area contributed by atoms with Crippen LogP contribution in [0.3, 0.4) is 0 Å². The van der Waals surface area contributed by atoms with Crippen LogP contribution in [0.4, 0.5) is 5.13 Å². The summed E-state index contributed by atoms with van der Waals surface area (Å²) in [5.74, 6) is 0.105. The maximum Gasteiger partial charge on any atom is 0.180 e. The summed E-state index contributed by atoms with van der Waals surface area (Å²) in [4.78, 5) is 15.5. The maximum absolute atomic E-state index is 11.3. The number of aromatic nitrogens is 2. The van der Waals surface area contributed by atoms with Crippen LogP contribution in [0, 0.1) is 0 Å². The van der Waals surface area contributed by atoms with Crippen LogP contribution in [0.5, 0.6) is 0 Å². The molecule has 2 heterocycles. The van der Waals surface area contributed by atoms with Crippen molar-refractivity contribution in [2.75, 3.05) is 12.3 Å². The van der Waals surface area contributed by atoms with Gasteiger partial charge in [-0.05, 0) is 32.4 Å². The Bertz CT molecular complexity index is 588. The van der Waals surface area contributed by atoms with E-state index in [1.165, 1.54) is 11.3 Å². The van der Waals surface area contributed by atoms with Gasteiger partial charge in [-0.15, -0.1) is 11.3 Å². The molecule has 0 saturated heterocycles. The van der Waals surface area contributed by atoms with Gasteiger partial charge in [0.1, 0.15) is 0 Å². The van der Waals surface area contributed by atoms with E-state index in [9.17, 15) is 4.79 Å². The Labute approximate surface area is 122 Å². The van der Waals surface area contributed by atoms with Crippen molar-refractivity contribution in [1.29, 1.82) is 0 Å². The zero-order chi connectivity index (χ0) is 14.5. The molecular weight excluding hydrogens is 272 g/mol. The first-order chi connectivity index (χ1) is 9.56. The van der Waals surface area contributed by atoms with Crippen molar-refractivity contribution in [2.24, 2.45) is 7.05 Å². The highest BCUT2D eigenvalue weighted by Gasteiger charge is 2.06. The van der Waals surface area contributed by atoms with Gasteiger partial charge >= 0.3 is 0 Å². The number of anilines is 1. The van der Waals surface area contributed by atoms with E-state index in [0.717, 1.165) is 42.9 Å². The Balaban J connectivity index is 1.72. The number of rotatable bonds is 7. The Kier molecular flexibility index (Phi) is 4.92. The van der Waals surface area contributed by atoms with Crippen LogP contribution >= 0.6 is 11.3 Å². The largest absolute Gasteiger partial charge is 0.375 e. The van der Waals surface area contributed by atoms with Crippen molar-refractivity contribution in [2.45, 2.75) is 26.3 Å². The molecule has 0 amide bonds. The Morgan fingerprint density at radius 3 is 2.95 bits per heavy atom. The van der Waals surface area contributed by atoms with E-state index in [4.69, 9.17) is 5.73 Å². The fraction of sp³-hybridized carbons (Fsp3) is 0.429. The Morgan fingerprint density at radius 1 is 1.55 bits per heavy atom. The zero-order valence-corrected chi connectivity index (χ0v) is 12.7. The Hall–Kier alpha value is -1.66. The van der Waals surface area contributed by atoms with Gasteiger partial charge in [0.05, 0.1) is 5.69 Å². The smallest absolute Gasteiger partial charge is 0.180 e. The summed E-state index contributed by atoms with van der Waals surface area (Å²) < 4.78 is 1.99. The van der Waals surface area contributed by atoms with Crippen molar-refractivity contribution in [3.05, 3.63) is 34.6 Å². The van der Waals surface area contributed by atoms with E-state index >= 15 is 0 Å². The Morgan fingerprint density at radius 2 is 2.35 bits per heavy atom. The number of nitrogens with zero attached hydrogens (tertiary/aromatic N) is 2. The van der Waals surface area contributed by atoms with E-state index in [-0.39, 0.29) is 5.78 Å². The standard InChI is InChI=1S/C14H20N4OS/c1-10(19)11-6-13(18(2)8-11)7-16-5-3-4-12-9-20-14(15)17-12/h6,8-9,16H,3-5,7H2,1-2H3,(H2,15,17). The first kappa shape index (κ1) is 14.7. The number of aryl methyl sites for hydroxylation is 2. The fourth-order valence-electron chi connectivity index (χ4n) is 2.03. The molecule has 0 bridgehead atoms. The van der Waals surface area contributed by atoms with Gasteiger partial charge in [0.2, 0.25) is 0 Å². The number of carbonyl (C=O) groups is 1. The van der Waals surface area contributed by atoms with E-state index in [2.05, 4.69) is 10.3 Å². The second-order valence-corrected chi connectivity index (χ2v) is 5.73. The van der Waals surface area contributed by atoms with Crippen molar-refractivity contribution >= 4 is 22.3 Å². The van der Waals surface area contributed by atoms with Crippen molar-refractivity contribution in [3.63, 3.8) is 0 Å². The van der Waals surface area contributed by atoms with Gasteiger partial charge in [-0.1, -0.05) is 0 Å². The highest BCUT2D eigenvalue weighted by molar-refractivity contribution is 7.13. The molecule has 2 rings (SSSR count). The number of nitrogen functional groups attached to an aromatic ring is 1. The number of hydrogen-bond acceptors (Lipinski definition) is 5. The van der Waals surface area contributed by atoms with E-state index < -0.39 is 0 Å². The molecule has 0 radical (unpaired) electrons. The van der Waals surface area contributed by atoms with Gasteiger partial charge in [0.25, 0.3) is 0 Å². The summed E-state index contributed by atoms with van der Waals surface area (Å²) in [6.07, 6.45) is 3.83. The average molecular weight is 292 g/mol. The molecule has 0 atom stereocenters. The lowest BCUT2D eigenvalue weighted by atomic mass is 10.2. The lowest BCUT2D eigenvalue weighted by molar-refractivity contribution is 0.101. The van der Waals surface area contributed by atoms with Gasteiger partial charge < -0.3 is 15.6 Å². The van der Waals surface area contributed by atoms with Gasteiger partial charge in [-0.2, -0.15) is 0 Å². The number of carbonyl (C=O) groups excluding carboxylic acids is 1. The fourth-order valence-corrected chi connectivity index (χ4v) is 2.62. The monoisotopic (exact) mass is 292 g/mol. The third kappa shape index (κ3) is 3.91. The molecule has 0 spiro atoms. The predicted molar refractivity (Wildman–Crippen MR) is 82.0 cm³/mol. The van der Waals surface area contributed by atoms with Crippen LogP contribution in [0.1, 0.15) is 35.1 Å². The lowest BCUT2D eigenvalue weighted by Gasteiger charge is -2.05. The summed E-state index contributed by atoms with van der Waals surface area (Å²) in [6, 6.07) is 1.94. The lowest BCUT2D eigenvalue weighted by Crippen LogP contribution is -2.17. The number of nitrogens with two attached hydrogens (primary N) is 1. The van der Waals surface area contributed by atoms with Crippen LogP contribution in [-0.4, -0.2) is 21.9 Å². The molecule has 0 fully saturated rings. The molecule has 0 aliphatic rings. The quantitative estimate of drug-likeness (QED) is 0.604. The average Bonchev–Trinajstić information content (AvgIpc) is 2.96. The third-order valence-corrected chi connectivity index (χ3v) is 3.90. The van der Waals surface area contributed by atoms with Crippen LogP contribution < -0.4 is 11.1 Å². The summed E-state index contributed by atoms with van der Waals surface area (Å²) in [6.45, 7) is 3.27.